The van der Waals surface area contributed by atoms with Crippen molar-refractivity contribution in [3.8, 4) is 22.3 Å². The predicted octanol–water partition coefficient (Wildman–Crippen LogP) is 12.0. The number of nitrogens with zero attached hydrogens (tertiary/aromatic N) is 2. The van der Waals surface area contributed by atoms with Gasteiger partial charge in [-0.2, -0.15) is 0 Å². The van der Waals surface area contributed by atoms with Crippen LogP contribution in [0.15, 0.2) is 164 Å². The zero-order valence-electron chi connectivity index (χ0n) is 24.8. The summed E-state index contributed by atoms with van der Waals surface area (Å²) in [6.07, 6.45) is 5.48. The van der Waals surface area contributed by atoms with E-state index in [0.29, 0.717) is 0 Å². The van der Waals surface area contributed by atoms with E-state index < -0.39 is 0 Å². The lowest BCUT2D eigenvalue weighted by Crippen LogP contribution is -2.25. The molecule has 0 saturated heterocycles. The van der Waals surface area contributed by atoms with Gasteiger partial charge in [-0.1, -0.05) is 127 Å². The molecule has 0 saturated carbocycles. The summed E-state index contributed by atoms with van der Waals surface area (Å²) >= 11 is 0. The fraction of sp³-hybridized carbons (Fsp3) is 0.0233. The van der Waals surface area contributed by atoms with Crippen LogP contribution in [0.2, 0.25) is 0 Å². The predicted molar refractivity (Wildman–Crippen MR) is 190 cm³/mol. The lowest BCUT2D eigenvalue weighted by atomic mass is 9.88. The molecule has 0 bridgehead atoms. The molecule has 0 amide bonds. The Kier molecular flexibility index (Phi) is 5.92. The molecule has 1 aliphatic carbocycles. The Morgan fingerprint density at radius 3 is 1.78 bits per heavy atom. The molecule has 0 unspecified atom stereocenters. The summed E-state index contributed by atoms with van der Waals surface area (Å²) in [4.78, 5) is 4.96. The molecule has 2 aliphatic rings. The van der Waals surface area contributed by atoms with Gasteiger partial charge in [0.05, 0.1) is 22.7 Å². The number of hydrogen-bond acceptors (Lipinski definition) is 2. The summed E-state index contributed by atoms with van der Waals surface area (Å²) in [5, 5.41) is 2.62. The highest BCUT2D eigenvalue weighted by Gasteiger charge is 2.34. The van der Waals surface area contributed by atoms with Crippen molar-refractivity contribution < 1.29 is 0 Å². The Morgan fingerprint density at radius 1 is 0.422 bits per heavy atom. The van der Waals surface area contributed by atoms with Crippen molar-refractivity contribution in [3.63, 3.8) is 0 Å². The molecule has 0 aromatic heterocycles. The highest BCUT2D eigenvalue weighted by Crippen LogP contribution is 2.58. The van der Waals surface area contributed by atoms with E-state index in [1.165, 1.54) is 61.2 Å². The number of fused-ring (bicyclic) bond motifs is 3. The van der Waals surface area contributed by atoms with Crippen molar-refractivity contribution in [1.82, 2.24) is 0 Å². The smallest absolute Gasteiger partial charge is 0.0745 e. The molecule has 0 radical (unpaired) electrons. The van der Waals surface area contributed by atoms with Crippen molar-refractivity contribution in [1.29, 1.82) is 0 Å². The molecule has 212 valence electrons. The molecule has 2 heteroatoms. The van der Waals surface area contributed by atoms with E-state index in [1.54, 1.807) is 0 Å². The van der Waals surface area contributed by atoms with Gasteiger partial charge in [-0.05, 0) is 93.0 Å². The van der Waals surface area contributed by atoms with Crippen LogP contribution in [-0.2, 0) is 6.42 Å². The number of rotatable bonds is 4. The number of benzene rings is 7. The van der Waals surface area contributed by atoms with Gasteiger partial charge in [0.15, 0.2) is 0 Å². The lowest BCUT2D eigenvalue weighted by Gasteiger charge is -2.42. The molecular weight excluding hydrogens is 544 g/mol. The Balaban J connectivity index is 1.34. The highest BCUT2D eigenvalue weighted by molar-refractivity contribution is 6.11. The molecule has 0 N–H and O–H groups in total. The first kappa shape index (κ1) is 25.6. The Hall–Kier alpha value is -5.86. The third kappa shape index (κ3) is 4.18. The third-order valence-electron chi connectivity index (χ3n) is 9.15. The van der Waals surface area contributed by atoms with Crippen molar-refractivity contribution in [2.45, 2.75) is 6.42 Å². The van der Waals surface area contributed by atoms with Gasteiger partial charge in [0.1, 0.15) is 0 Å². The van der Waals surface area contributed by atoms with Gasteiger partial charge >= 0.3 is 0 Å². The van der Waals surface area contributed by atoms with Crippen molar-refractivity contribution in [2.24, 2.45) is 0 Å². The van der Waals surface area contributed by atoms with Crippen molar-refractivity contribution >= 4 is 51.0 Å². The van der Waals surface area contributed by atoms with Crippen LogP contribution in [0.5, 0.6) is 0 Å². The second-order valence-corrected chi connectivity index (χ2v) is 11.8. The van der Waals surface area contributed by atoms with E-state index >= 15 is 0 Å². The first-order chi connectivity index (χ1) is 22.3. The topological polar surface area (TPSA) is 6.48 Å². The van der Waals surface area contributed by atoms with Gasteiger partial charge in [0, 0.05) is 11.4 Å². The molecule has 1 heterocycles. The van der Waals surface area contributed by atoms with E-state index in [9.17, 15) is 0 Å². The van der Waals surface area contributed by atoms with Gasteiger partial charge in [0.2, 0.25) is 0 Å². The summed E-state index contributed by atoms with van der Waals surface area (Å²) in [5.74, 6) is 0. The normalized spacial score (nSPS) is 13.1. The number of hydrogen-bond donors (Lipinski definition) is 0. The minimum absolute atomic E-state index is 0.883. The molecule has 0 fully saturated rings. The summed E-state index contributed by atoms with van der Waals surface area (Å²) < 4.78 is 0. The highest BCUT2D eigenvalue weighted by atomic mass is 15.3. The summed E-state index contributed by atoms with van der Waals surface area (Å²) in [6, 6.07) is 57.2. The van der Waals surface area contributed by atoms with Crippen LogP contribution in [0.1, 0.15) is 11.1 Å². The van der Waals surface area contributed by atoms with Crippen LogP contribution in [0.4, 0.5) is 34.1 Å². The largest absolute Gasteiger partial charge is 0.306 e. The second kappa shape index (κ2) is 10.4. The molecule has 1 aliphatic heterocycles. The summed E-state index contributed by atoms with van der Waals surface area (Å²) in [5.41, 5.74) is 14.6. The van der Waals surface area contributed by atoms with E-state index in [2.05, 4.69) is 180 Å². The fourth-order valence-corrected chi connectivity index (χ4v) is 7.12. The first-order valence-electron chi connectivity index (χ1n) is 15.6. The van der Waals surface area contributed by atoms with Crippen LogP contribution in [0, 0.1) is 0 Å². The Bertz CT molecular complexity index is 2220. The maximum Gasteiger partial charge on any atom is 0.0745 e. The molecule has 0 atom stereocenters. The Morgan fingerprint density at radius 2 is 1.04 bits per heavy atom. The van der Waals surface area contributed by atoms with Crippen LogP contribution in [0.25, 0.3) is 39.1 Å². The summed E-state index contributed by atoms with van der Waals surface area (Å²) in [7, 11) is 0. The molecule has 7 aromatic carbocycles. The van der Waals surface area contributed by atoms with Gasteiger partial charge in [-0.25, -0.2) is 0 Å². The first-order valence-corrected chi connectivity index (χ1v) is 15.6. The second-order valence-electron chi connectivity index (χ2n) is 11.8. The van der Waals surface area contributed by atoms with Gasteiger partial charge in [-0.15, -0.1) is 0 Å². The lowest BCUT2D eigenvalue weighted by molar-refractivity contribution is 1.14. The Labute approximate surface area is 263 Å². The molecule has 7 aromatic rings. The van der Waals surface area contributed by atoms with Crippen molar-refractivity contribution in [2.75, 3.05) is 9.80 Å². The monoisotopic (exact) mass is 574 g/mol. The van der Waals surface area contributed by atoms with Crippen LogP contribution in [-0.4, -0.2) is 0 Å². The molecule has 2 nitrogen and oxygen atoms in total. The number of anilines is 6. The minimum Gasteiger partial charge on any atom is -0.306 e. The van der Waals surface area contributed by atoms with E-state index in [1.807, 2.05) is 0 Å². The van der Waals surface area contributed by atoms with Gasteiger partial charge in [-0.3, -0.25) is 0 Å². The number of para-hydroxylation sites is 1. The maximum absolute atomic E-state index is 2.50. The molecule has 0 spiro atoms. The van der Waals surface area contributed by atoms with Crippen LogP contribution in [0.3, 0.4) is 0 Å². The van der Waals surface area contributed by atoms with E-state index in [-0.39, 0.29) is 0 Å². The van der Waals surface area contributed by atoms with Gasteiger partial charge in [0.25, 0.3) is 0 Å². The molecule has 9 rings (SSSR count). The quantitative estimate of drug-likeness (QED) is 0.206. The standard InChI is InChI=1S/C43H30N2/c1-4-12-30(13-5-1)32-22-25-37(26-23-32)44-39-27-24-34(31-14-6-2-7-15-31)28-40(39)45(36-19-8-3-9-20-36)43-38-21-11-17-33-16-10-18-35(42(33)38)29-41(43)44/h1-20,22-29H,21H2. The van der Waals surface area contributed by atoms with E-state index in [0.717, 1.165) is 23.5 Å². The zero-order chi connectivity index (χ0) is 29.7. The molecule has 45 heavy (non-hydrogen) atoms. The average molecular weight is 575 g/mol. The SMILES string of the molecule is C1=Cc2cccc3cc4c(c(c23)C1)N(c1ccccc1)c1cc(-c2ccccc2)ccc1N4c1ccc(-c2ccccc2)cc1. The van der Waals surface area contributed by atoms with Crippen LogP contribution >= 0.6 is 0 Å². The van der Waals surface area contributed by atoms with Crippen molar-refractivity contribution in [3.05, 3.63) is 175 Å². The molecular formula is C43H30N2. The zero-order valence-corrected chi connectivity index (χ0v) is 24.8. The average Bonchev–Trinajstić information content (AvgIpc) is 3.12. The van der Waals surface area contributed by atoms with Crippen LogP contribution < -0.4 is 9.80 Å². The third-order valence-corrected chi connectivity index (χ3v) is 9.15. The number of allylic oxidation sites excluding steroid dienone is 1. The maximum atomic E-state index is 2.50. The minimum atomic E-state index is 0.883. The van der Waals surface area contributed by atoms with Gasteiger partial charge < -0.3 is 9.80 Å². The fourth-order valence-electron chi connectivity index (χ4n) is 7.12. The summed E-state index contributed by atoms with van der Waals surface area (Å²) in [6.45, 7) is 0. The van der Waals surface area contributed by atoms with E-state index in [4.69, 9.17) is 0 Å².